The molecule has 0 aliphatic heterocycles. The molecule has 0 radical (unpaired) electrons. The van der Waals surface area contributed by atoms with E-state index in [9.17, 15) is 4.79 Å². The van der Waals surface area contributed by atoms with Gasteiger partial charge in [0, 0.05) is 6.54 Å². The van der Waals surface area contributed by atoms with Gasteiger partial charge < -0.3 is 11.1 Å². The molecule has 0 rings (SSSR count). The van der Waals surface area contributed by atoms with Gasteiger partial charge in [-0.1, -0.05) is 64.7 Å². The Kier molecular flexibility index (Phi) is 21.1. The number of halogens is 1. The minimum absolute atomic E-state index is 0. The van der Waals surface area contributed by atoms with Crippen molar-refractivity contribution in [1.82, 2.24) is 5.32 Å². The van der Waals surface area contributed by atoms with Crippen molar-refractivity contribution in [1.29, 1.82) is 0 Å². The highest BCUT2D eigenvalue weighted by molar-refractivity contribution is 7.98. The molecule has 0 aromatic carbocycles. The van der Waals surface area contributed by atoms with Crippen LogP contribution in [-0.4, -0.2) is 30.5 Å². The van der Waals surface area contributed by atoms with E-state index in [0.717, 1.165) is 25.1 Å². The van der Waals surface area contributed by atoms with E-state index in [2.05, 4.69) is 12.2 Å². The second-order valence-electron chi connectivity index (χ2n) is 5.86. The number of thioether (sulfide) groups is 1. The van der Waals surface area contributed by atoms with Gasteiger partial charge in [-0.2, -0.15) is 11.8 Å². The fraction of sp³-hybridized carbons (Fsp3) is 0.941. The standard InChI is InChI=1S/C17H36N2OS.ClH/c1-3-4-5-6-7-8-9-10-11-12-14-19-17(20)16(18)13-15-21-2;/h16H,3-15,18H2,1-2H3,(H,19,20);1H/t16-;/m0./s1. The van der Waals surface area contributed by atoms with Crippen LogP contribution in [0.25, 0.3) is 0 Å². The molecule has 0 unspecified atom stereocenters. The lowest BCUT2D eigenvalue weighted by molar-refractivity contribution is -0.122. The lowest BCUT2D eigenvalue weighted by Gasteiger charge is -2.11. The van der Waals surface area contributed by atoms with Crippen LogP contribution in [-0.2, 0) is 4.79 Å². The molecule has 0 aromatic rings. The fourth-order valence-electron chi connectivity index (χ4n) is 2.33. The van der Waals surface area contributed by atoms with Crippen LogP contribution in [0.3, 0.4) is 0 Å². The van der Waals surface area contributed by atoms with Crippen LogP contribution in [0, 0.1) is 0 Å². The van der Waals surface area contributed by atoms with E-state index < -0.39 is 0 Å². The first-order valence-electron chi connectivity index (χ1n) is 8.74. The van der Waals surface area contributed by atoms with Gasteiger partial charge in [-0.05, 0) is 24.9 Å². The molecule has 1 amide bonds. The summed E-state index contributed by atoms with van der Waals surface area (Å²) in [5.41, 5.74) is 5.81. The number of carbonyl (C=O) groups excluding carboxylic acids is 1. The molecule has 134 valence electrons. The van der Waals surface area contributed by atoms with Gasteiger partial charge in [0.25, 0.3) is 0 Å². The van der Waals surface area contributed by atoms with Crippen LogP contribution in [0.5, 0.6) is 0 Å². The number of hydrogen-bond acceptors (Lipinski definition) is 3. The van der Waals surface area contributed by atoms with Gasteiger partial charge in [0.2, 0.25) is 5.91 Å². The number of hydrogen-bond donors (Lipinski definition) is 2. The van der Waals surface area contributed by atoms with E-state index in [1.165, 1.54) is 57.8 Å². The van der Waals surface area contributed by atoms with E-state index in [4.69, 9.17) is 5.73 Å². The van der Waals surface area contributed by atoms with Gasteiger partial charge in [0.05, 0.1) is 6.04 Å². The maximum atomic E-state index is 11.7. The molecule has 0 saturated carbocycles. The zero-order chi connectivity index (χ0) is 15.8. The van der Waals surface area contributed by atoms with Crippen molar-refractivity contribution in [3.63, 3.8) is 0 Å². The molecule has 0 heterocycles. The SMILES string of the molecule is CCCCCCCCCCCCNC(=O)[C@@H](N)CCSC.Cl. The number of carbonyl (C=O) groups is 1. The second-order valence-corrected chi connectivity index (χ2v) is 6.85. The molecule has 1 atom stereocenters. The Morgan fingerprint density at radius 2 is 1.50 bits per heavy atom. The van der Waals surface area contributed by atoms with Gasteiger partial charge in [0.1, 0.15) is 0 Å². The van der Waals surface area contributed by atoms with Crippen molar-refractivity contribution in [2.24, 2.45) is 5.73 Å². The maximum absolute atomic E-state index is 11.7. The molecule has 0 bridgehead atoms. The molecule has 0 fully saturated rings. The number of nitrogens with one attached hydrogen (secondary N) is 1. The van der Waals surface area contributed by atoms with Crippen molar-refractivity contribution < 1.29 is 4.79 Å². The van der Waals surface area contributed by atoms with Crippen molar-refractivity contribution in [2.75, 3.05) is 18.6 Å². The smallest absolute Gasteiger partial charge is 0.236 e. The Hall–Kier alpha value is 0.0700. The molecule has 0 aliphatic rings. The van der Waals surface area contributed by atoms with Crippen molar-refractivity contribution in [3.05, 3.63) is 0 Å². The third kappa shape index (κ3) is 16.4. The van der Waals surface area contributed by atoms with E-state index in [-0.39, 0.29) is 24.4 Å². The van der Waals surface area contributed by atoms with Crippen LogP contribution >= 0.6 is 24.2 Å². The molecule has 0 aliphatic carbocycles. The summed E-state index contributed by atoms with van der Waals surface area (Å²) in [5, 5.41) is 2.94. The van der Waals surface area contributed by atoms with E-state index in [1.54, 1.807) is 11.8 Å². The highest BCUT2D eigenvalue weighted by atomic mass is 35.5. The molecule has 0 spiro atoms. The summed E-state index contributed by atoms with van der Waals surface area (Å²) in [6, 6.07) is -0.333. The van der Waals surface area contributed by atoms with Crippen molar-refractivity contribution in [3.8, 4) is 0 Å². The Morgan fingerprint density at radius 3 is 2.00 bits per heavy atom. The summed E-state index contributed by atoms with van der Waals surface area (Å²) < 4.78 is 0. The Morgan fingerprint density at radius 1 is 1.00 bits per heavy atom. The maximum Gasteiger partial charge on any atom is 0.236 e. The first-order chi connectivity index (χ1) is 10.2. The van der Waals surface area contributed by atoms with Gasteiger partial charge in [-0.15, -0.1) is 12.4 Å². The summed E-state index contributed by atoms with van der Waals surface area (Å²) in [6.07, 6.45) is 16.0. The topological polar surface area (TPSA) is 55.1 Å². The summed E-state index contributed by atoms with van der Waals surface area (Å²) in [7, 11) is 0. The number of unbranched alkanes of at least 4 members (excludes halogenated alkanes) is 9. The molecule has 5 heteroatoms. The fourth-order valence-corrected chi connectivity index (χ4v) is 2.82. The lowest BCUT2D eigenvalue weighted by atomic mass is 10.1. The lowest BCUT2D eigenvalue weighted by Crippen LogP contribution is -2.41. The number of rotatable bonds is 15. The Balaban J connectivity index is 0. The highest BCUT2D eigenvalue weighted by Gasteiger charge is 2.11. The van der Waals surface area contributed by atoms with Crippen LogP contribution in [0.15, 0.2) is 0 Å². The van der Waals surface area contributed by atoms with Crippen molar-refractivity contribution >= 4 is 30.1 Å². The molecule has 3 N–H and O–H groups in total. The number of amides is 1. The third-order valence-electron chi connectivity index (χ3n) is 3.80. The average Bonchev–Trinajstić information content (AvgIpc) is 2.49. The van der Waals surface area contributed by atoms with Crippen LogP contribution in [0.1, 0.15) is 77.6 Å². The predicted octanol–water partition coefficient (Wildman–Crippen LogP) is 4.53. The van der Waals surface area contributed by atoms with Gasteiger partial charge >= 0.3 is 0 Å². The molecular weight excluding hydrogens is 316 g/mol. The van der Waals surface area contributed by atoms with E-state index in [0.29, 0.717) is 0 Å². The summed E-state index contributed by atoms with van der Waals surface area (Å²) in [5.74, 6) is 0.965. The van der Waals surface area contributed by atoms with Crippen LogP contribution in [0.4, 0.5) is 0 Å². The van der Waals surface area contributed by atoms with Gasteiger partial charge in [-0.25, -0.2) is 0 Å². The van der Waals surface area contributed by atoms with Crippen LogP contribution < -0.4 is 11.1 Å². The number of nitrogens with two attached hydrogens (primary N) is 1. The quantitative estimate of drug-likeness (QED) is 0.426. The summed E-state index contributed by atoms with van der Waals surface area (Å²) >= 11 is 1.73. The van der Waals surface area contributed by atoms with Gasteiger partial charge in [0.15, 0.2) is 0 Å². The first-order valence-corrected chi connectivity index (χ1v) is 10.1. The first kappa shape index (κ1) is 24.3. The molecule has 0 saturated heterocycles. The zero-order valence-corrected chi connectivity index (χ0v) is 16.2. The molecular formula is C17H37ClN2OS. The Bertz CT molecular complexity index is 243. The van der Waals surface area contributed by atoms with Crippen molar-refractivity contribution in [2.45, 2.75) is 83.6 Å². The minimum atomic E-state index is -0.333. The third-order valence-corrected chi connectivity index (χ3v) is 4.44. The summed E-state index contributed by atoms with van der Waals surface area (Å²) in [4.78, 5) is 11.7. The largest absolute Gasteiger partial charge is 0.355 e. The van der Waals surface area contributed by atoms with Crippen LogP contribution in [0.2, 0.25) is 0 Å². The second kappa shape index (κ2) is 19.1. The molecule has 22 heavy (non-hydrogen) atoms. The highest BCUT2D eigenvalue weighted by Crippen LogP contribution is 2.10. The average molecular weight is 353 g/mol. The Labute approximate surface area is 148 Å². The summed E-state index contributed by atoms with van der Waals surface area (Å²) in [6.45, 7) is 3.04. The monoisotopic (exact) mass is 352 g/mol. The molecule has 3 nitrogen and oxygen atoms in total. The zero-order valence-electron chi connectivity index (χ0n) is 14.6. The minimum Gasteiger partial charge on any atom is -0.355 e. The predicted molar refractivity (Wildman–Crippen MR) is 103 cm³/mol. The van der Waals surface area contributed by atoms with Gasteiger partial charge in [-0.3, -0.25) is 4.79 Å². The van der Waals surface area contributed by atoms with E-state index >= 15 is 0 Å². The van der Waals surface area contributed by atoms with E-state index in [1.807, 2.05) is 6.26 Å². The normalized spacial score (nSPS) is 11.8. The molecule has 0 aromatic heterocycles.